The molecular weight excluding hydrogens is 196 g/mol. The Morgan fingerprint density at radius 2 is 1.00 bits per heavy atom. The number of allylic oxidation sites excluding steroid dienone is 3. The molecule has 0 aromatic carbocycles. The number of rotatable bonds is 6. The molecule has 0 unspecified atom stereocenters. The lowest BCUT2D eigenvalue weighted by Gasteiger charge is -2.21. The molecule has 0 spiro atoms. The van der Waals surface area contributed by atoms with Crippen molar-refractivity contribution in [2.24, 2.45) is 0 Å². The lowest BCUT2D eigenvalue weighted by Crippen LogP contribution is -2.37. The SMILES string of the molecule is C/C=C\O[Si](C)(O/C=C\C)O/C=C\C. The molecule has 0 aliphatic heterocycles. The van der Waals surface area contributed by atoms with Gasteiger partial charge in [0.15, 0.2) is 0 Å². The summed E-state index contributed by atoms with van der Waals surface area (Å²) in [4.78, 5) is 0. The standard InChI is InChI=1S/C10H18O3Si/c1-5-8-11-14(4,12-9-6-2)13-10-7-3/h5-10H,1-4H3/b8-5-,9-6-,10-7-. The second-order valence-electron chi connectivity index (χ2n) is 2.62. The molecule has 0 saturated carbocycles. The zero-order valence-corrected chi connectivity index (χ0v) is 10.2. The molecule has 0 saturated heterocycles. The van der Waals surface area contributed by atoms with Crippen LogP contribution in [0.5, 0.6) is 0 Å². The maximum absolute atomic E-state index is 5.39. The molecule has 0 aromatic heterocycles. The fourth-order valence-electron chi connectivity index (χ4n) is 0.658. The fraction of sp³-hybridized carbons (Fsp3) is 0.400. The van der Waals surface area contributed by atoms with Crippen LogP contribution < -0.4 is 0 Å². The minimum Gasteiger partial charge on any atom is -0.491 e. The molecule has 0 radical (unpaired) electrons. The van der Waals surface area contributed by atoms with Gasteiger partial charge in [-0.2, -0.15) is 0 Å². The summed E-state index contributed by atoms with van der Waals surface area (Å²) in [7, 11) is -2.57. The second kappa shape index (κ2) is 7.26. The summed E-state index contributed by atoms with van der Waals surface area (Å²) < 4.78 is 16.2. The Kier molecular flexibility index (Phi) is 6.66. The maximum Gasteiger partial charge on any atom is 0.694 e. The smallest absolute Gasteiger partial charge is 0.491 e. The van der Waals surface area contributed by atoms with E-state index in [1.54, 1.807) is 37.0 Å². The minimum atomic E-state index is -2.57. The van der Waals surface area contributed by atoms with Gasteiger partial charge in [0, 0.05) is 6.55 Å². The Bertz CT molecular complexity index is 185. The van der Waals surface area contributed by atoms with E-state index in [2.05, 4.69) is 0 Å². The monoisotopic (exact) mass is 214 g/mol. The Morgan fingerprint density at radius 3 is 1.21 bits per heavy atom. The fourth-order valence-corrected chi connectivity index (χ4v) is 1.97. The predicted octanol–water partition coefficient (Wildman–Crippen LogP) is 3.21. The Balaban J connectivity index is 4.30. The molecule has 0 heterocycles. The van der Waals surface area contributed by atoms with Crippen LogP contribution in [0.3, 0.4) is 0 Å². The largest absolute Gasteiger partial charge is 0.694 e. The van der Waals surface area contributed by atoms with Crippen LogP contribution >= 0.6 is 0 Å². The summed E-state index contributed by atoms with van der Waals surface area (Å²) in [6, 6.07) is 0. The van der Waals surface area contributed by atoms with Crippen molar-refractivity contribution in [2.75, 3.05) is 0 Å². The highest BCUT2D eigenvalue weighted by Crippen LogP contribution is 2.11. The van der Waals surface area contributed by atoms with Crippen LogP contribution in [0, 0.1) is 0 Å². The van der Waals surface area contributed by atoms with Gasteiger partial charge < -0.3 is 13.3 Å². The second-order valence-corrected chi connectivity index (χ2v) is 5.06. The third-order valence-corrected chi connectivity index (χ3v) is 2.95. The van der Waals surface area contributed by atoms with Crippen molar-refractivity contribution >= 4 is 8.80 Å². The third kappa shape index (κ3) is 5.48. The highest BCUT2D eigenvalue weighted by atomic mass is 28.4. The molecule has 4 heteroatoms. The molecule has 14 heavy (non-hydrogen) atoms. The van der Waals surface area contributed by atoms with Gasteiger partial charge in [0.2, 0.25) is 0 Å². The molecular formula is C10H18O3Si. The van der Waals surface area contributed by atoms with Crippen molar-refractivity contribution in [1.82, 2.24) is 0 Å². The van der Waals surface area contributed by atoms with Gasteiger partial charge in [-0.3, -0.25) is 0 Å². The number of hydrogen-bond acceptors (Lipinski definition) is 3. The summed E-state index contributed by atoms with van der Waals surface area (Å²) in [5.41, 5.74) is 0. The van der Waals surface area contributed by atoms with Crippen LogP contribution in [0.25, 0.3) is 0 Å². The first-order chi connectivity index (χ1) is 6.68. The normalized spacial score (nSPS) is 12.9. The van der Waals surface area contributed by atoms with Crippen LogP contribution in [-0.4, -0.2) is 8.80 Å². The van der Waals surface area contributed by atoms with Gasteiger partial charge in [0.1, 0.15) is 0 Å². The molecule has 0 aliphatic carbocycles. The van der Waals surface area contributed by atoms with Crippen LogP contribution in [0.1, 0.15) is 20.8 Å². The summed E-state index contributed by atoms with van der Waals surface area (Å²) in [6.45, 7) is 7.45. The average Bonchev–Trinajstić information content (AvgIpc) is 2.21. The Morgan fingerprint density at radius 1 is 0.714 bits per heavy atom. The molecule has 0 aliphatic rings. The molecule has 0 fully saturated rings. The summed E-state index contributed by atoms with van der Waals surface area (Å²) in [5.74, 6) is 0. The van der Waals surface area contributed by atoms with Gasteiger partial charge in [0.25, 0.3) is 0 Å². The summed E-state index contributed by atoms with van der Waals surface area (Å²) in [5, 5.41) is 0. The van der Waals surface area contributed by atoms with Gasteiger partial charge in [-0.15, -0.1) is 0 Å². The van der Waals surface area contributed by atoms with Gasteiger partial charge in [0.05, 0.1) is 18.8 Å². The topological polar surface area (TPSA) is 27.7 Å². The molecule has 0 bridgehead atoms. The van der Waals surface area contributed by atoms with Gasteiger partial charge in [-0.05, 0) is 20.8 Å². The van der Waals surface area contributed by atoms with Crippen LogP contribution in [-0.2, 0) is 13.3 Å². The van der Waals surface area contributed by atoms with E-state index in [-0.39, 0.29) is 0 Å². The molecule has 0 N–H and O–H groups in total. The Hall–Kier alpha value is -1.16. The zero-order chi connectivity index (χ0) is 10.9. The van der Waals surface area contributed by atoms with Gasteiger partial charge in [-0.25, -0.2) is 0 Å². The van der Waals surface area contributed by atoms with Crippen molar-refractivity contribution in [3.05, 3.63) is 37.0 Å². The van der Waals surface area contributed by atoms with Crippen LogP contribution in [0.15, 0.2) is 37.0 Å². The highest BCUT2D eigenvalue weighted by Gasteiger charge is 2.38. The van der Waals surface area contributed by atoms with E-state index in [4.69, 9.17) is 13.3 Å². The van der Waals surface area contributed by atoms with E-state index in [0.29, 0.717) is 0 Å². The van der Waals surface area contributed by atoms with Crippen LogP contribution in [0.2, 0.25) is 6.55 Å². The van der Waals surface area contributed by atoms with E-state index >= 15 is 0 Å². The van der Waals surface area contributed by atoms with Crippen LogP contribution in [0.4, 0.5) is 0 Å². The molecule has 0 aromatic rings. The Labute approximate surface area is 87.0 Å². The predicted molar refractivity (Wildman–Crippen MR) is 59.3 cm³/mol. The van der Waals surface area contributed by atoms with E-state index in [1.807, 2.05) is 27.3 Å². The lowest BCUT2D eigenvalue weighted by molar-refractivity contribution is 0.189. The first kappa shape index (κ1) is 12.8. The van der Waals surface area contributed by atoms with Crippen molar-refractivity contribution in [3.63, 3.8) is 0 Å². The highest BCUT2D eigenvalue weighted by molar-refractivity contribution is 6.59. The first-order valence-corrected chi connectivity index (χ1v) is 6.78. The van der Waals surface area contributed by atoms with E-state index in [0.717, 1.165) is 0 Å². The molecule has 0 rings (SSSR count). The van der Waals surface area contributed by atoms with Crippen molar-refractivity contribution in [1.29, 1.82) is 0 Å². The van der Waals surface area contributed by atoms with E-state index < -0.39 is 8.80 Å². The molecule has 0 atom stereocenters. The van der Waals surface area contributed by atoms with E-state index in [9.17, 15) is 0 Å². The van der Waals surface area contributed by atoms with Crippen molar-refractivity contribution in [2.45, 2.75) is 27.3 Å². The third-order valence-electron chi connectivity index (χ3n) is 1.25. The molecule has 3 nitrogen and oxygen atoms in total. The quantitative estimate of drug-likeness (QED) is 0.502. The zero-order valence-electron chi connectivity index (χ0n) is 9.19. The van der Waals surface area contributed by atoms with Crippen molar-refractivity contribution < 1.29 is 13.3 Å². The first-order valence-electron chi connectivity index (χ1n) is 4.55. The average molecular weight is 214 g/mol. The van der Waals surface area contributed by atoms with Gasteiger partial charge in [-0.1, -0.05) is 18.2 Å². The summed E-state index contributed by atoms with van der Waals surface area (Å²) >= 11 is 0. The number of hydrogen-bond donors (Lipinski definition) is 0. The van der Waals surface area contributed by atoms with E-state index in [1.165, 1.54) is 0 Å². The minimum absolute atomic E-state index is 1.58. The molecule has 0 amide bonds. The van der Waals surface area contributed by atoms with Gasteiger partial charge >= 0.3 is 8.80 Å². The summed E-state index contributed by atoms with van der Waals surface area (Å²) in [6.07, 6.45) is 10.1. The van der Waals surface area contributed by atoms with Crippen molar-refractivity contribution in [3.8, 4) is 0 Å². The molecule has 80 valence electrons. The lowest BCUT2D eigenvalue weighted by atomic mass is 10.7. The maximum atomic E-state index is 5.39.